The van der Waals surface area contributed by atoms with E-state index in [0.717, 1.165) is 5.56 Å². The van der Waals surface area contributed by atoms with Crippen LogP contribution in [0, 0.1) is 5.92 Å². The normalized spacial score (nSPS) is 14.7. The van der Waals surface area contributed by atoms with Crippen molar-refractivity contribution in [1.29, 1.82) is 0 Å². The zero-order valence-corrected chi connectivity index (χ0v) is 9.66. The first-order valence-corrected chi connectivity index (χ1v) is 5.40. The maximum absolute atomic E-state index is 11.4. The number of rotatable bonds is 4. The third-order valence-electron chi connectivity index (χ3n) is 2.54. The highest BCUT2D eigenvalue weighted by molar-refractivity contribution is 6.30. The number of Topliss-reactive ketones (excluding diaryl/α,β-unsaturated/α-hetero) is 1. The van der Waals surface area contributed by atoms with E-state index in [1.54, 1.807) is 38.1 Å². The first-order valence-electron chi connectivity index (χ1n) is 5.02. The fourth-order valence-electron chi connectivity index (χ4n) is 1.45. The van der Waals surface area contributed by atoms with Crippen molar-refractivity contribution < 1.29 is 9.90 Å². The molecule has 1 aromatic rings. The minimum Gasteiger partial charge on any atom is -0.388 e. The van der Waals surface area contributed by atoms with Gasteiger partial charge in [0.15, 0.2) is 0 Å². The van der Waals surface area contributed by atoms with Crippen molar-refractivity contribution in [2.45, 2.75) is 26.4 Å². The molecule has 0 saturated heterocycles. The van der Waals surface area contributed by atoms with Gasteiger partial charge in [-0.15, -0.1) is 0 Å². The van der Waals surface area contributed by atoms with Gasteiger partial charge >= 0.3 is 0 Å². The molecule has 0 radical (unpaired) electrons. The minimum atomic E-state index is -0.741. The molecule has 0 aliphatic heterocycles. The van der Waals surface area contributed by atoms with Crippen LogP contribution >= 0.6 is 11.6 Å². The molecule has 82 valence electrons. The predicted octanol–water partition coefficient (Wildman–Crippen LogP) is 2.99. The van der Waals surface area contributed by atoms with E-state index in [-0.39, 0.29) is 11.7 Å². The zero-order valence-electron chi connectivity index (χ0n) is 8.90. The second kappa shape index (κ2) is 5.29. The molecule has 0 amide bonds. The van der Waals surface area contributed by atoms with Gasteiger partial charge in [0.2, 0.25) is 0 Å². The molecule has 0 aliphatic carbocycles. The van der Waals surface area contributed by atoms with E-state index in [0.29, 0.717) is 11.4 Å². The molecule has 2 atom stereocenters. The lowest BCUT2D eigenvalue weighted by Gasteiger charge is -2.17. The number of carbonyl (C=O) groups excluding carboxylic acids is 1. The Labute approximate surface area is 94.9 Å². The van der Waals surface area contributed by atoms with Crippen molar-refractivity contribution in [2.75, 3.05) is 0 Å². The van der Waals surface area contributed by atoms with Crippen molar-refractivity contribution in [3.63, 3.8) is 0 Å². The maximum atomic E-state index is 11.4. The molecule has 15 heavy (non-hydrogen) atoms. The monoisotopic (exact) mass is 226 g/mol. The molecule has 2 nitrogen and oxygen atoms in total. The van der Waals surface area contributed by atoms with Crippen LogP contribution in [0.1, 0.15) is 31.9 Å². The number of aliphatic hydroxyl groups is 1. The SMILES string of the molecule is CCC(=O)[C@H](C)[C@H](O)c1ccc(Cl)cc1. The van der Waals surface area contributed by atoms with Gasteiger partial charge in [-0.1, -0.05) is 37.6 Å². The second-order valence-electron chi connectivity index (χ2n) is 3.60. The summed E-state index contributed by atoms with van der Waals surface area (Å²) in [7, 11) is 0. The van der Waals surface area contributed by atoms with Gasteiger partial charge in [-0.2, -0.15) is 0 Å². The number of carbonyl (C=O) groups is 1. The van der Waals surface area contributed by atoms with Crippen LogP contribution in [0.2, 0.25) is 5.02 Å². The van der Waals surface area contributed by atoms with E-state index < -0.39 is 6.10 Å². The maximum Gasteiger partial charge on any atom is 0.138 e. The molecular formula is C12H15ClO2. The quantitative estimate of drug-likeness (QED) is 0.857. The highest BCUT2D eigenvalue weighted by Gasteiger charge is 2.21. The van der Waals surface area contributed by atoms with Crippen LogP contribution in [-0.2, 0) is 4.79 Å². The van der Waals surface area contributed by atoms with Crippen LogP contribution in [0.25, 0.3) is 0 Å². The summed E-state index contributed by atoms with van der Waals surface area (Å²) < 4.78 is 0. The minimum absolute atomic E-state index is 0.0671. The van der Waals surface area contributed by atoms with Crippen molar-refractivity contribution in [3.8, 4) is 0 Å². The average molecular weight is 227 g/mol. The Morgan fingerprint density at radius 2 is 1.93 bits per heavy atom. The molecule has 0 spiro atoms. The van der Waals surface area contributed by atoms with Gasteiger partial charge in [0, 0.05) is 17.4 Å². The van der Waals surface area contributed by atoms with Crippen molar-refractivity contribution in [3.05, 3.63) is 34.9 Å². The third-order valence-corrected chi connectivity index (χ3v) is 2.79. The molecule has 0 unspecified atom stereocenters. The number of hydrogen-bond donors (Lipinski definition) is 1. The number of benzene rings is 1. The van der Waals surface area contributed by atoms with Crippen LogP contribution in [0.5, 0.6) is 0 Å². The Balaban J connectivity index is 2.80. The highest BCUT2D eigenvalue weighted by atomic mass is 35.5. The topological polar surface area (TPSA) is 37.3 Å². The van der Waals surface area contributed by atoms with Gasteiger partial charge in [-0.3, -0.25) is 4.79 Å². The molecule has 0 aromatic heterocycles. The lowest BCUT2D eigenvalue weighted by atomic mass is 9.93. The van der Waals surface area contributed by atoms with Crippen molar-refractivity contribution in [1.82, 2.24) is 0 Å². The number of aliphatic hydroxyl groups excluding tert-OH is 1. The van der Waals surface area contributed by atoms with Gasteiger partial charge in [0.05, 0.1) is 6.10 Å². The van der Waals surface area contributed by atoms with E-state index in [2.05, 4.69) is 0 Å². The fraction of sp³-hybridized carbons (Fsp3) is 0.417. The van der Waals surface area contributed by atoms with E-state index in [9.17, 15) is 9.90 Å². The largest absolute Gasteiger partial charge is 0.388 e. The second-order valence-corrected chi connectivity index (χ2v) is 4.04. The Morgan fingerprint density at radius 3 is 2.40 bits per heavy atom. The van der Waals surface area contributed by atoms with Crippen LogP contribution in [0.15, 0.2) is 24.3 Å². The molecule has 0 saturated carbocycles. The van der Waals surface area contributed by atoms with E-state index >= 15 is 0 Å². The highest BCUT2D eigenvalue weighted by Crippen LogP contribution is 2.24. The molecule has 0 heterocycles. The molecule has 1 N–H and O–H groups in total. The van der Waals surface area contributed by atoms with E-state index in [1.165, 1.54) is 0 Å². The molecule has 0 fully saturated rings. The molecule has 3 heteroatoms. The summed E-state index contributed by atoms with van der Waals surface area (Å²) in [6, 6.07) is 6.91. The van der Waals surface area contributed by atoms with Gasteiger partial charge in [-0.05, 0) is 17.7 Å². The molecular weight excluding hydrogens is 212 g/mol. The van der Waals surface area contributed by atoms with Crippen LogP contribution in [0.3, 0.4) is 0 Å². The van der Waals surface area contributed by atoms with Gasteiger partial charge in [-0.25, -0.2) is 0 Å². The molecule has 1 aromatic carbocycles. The summed E-state index contributed by atoms with van der Waals surface area (Å²) in [5.74, 6) is -0.298. The van der Waals surface area contributed by atoms with Gasteiger partial charge in [0.1, 0.15) is 5.78 Å². The number of halogens is 1. The van der Waals surface area contributed by atoms with E-state index in [4.69, 9.17) is 11.6 Å². The summed E-state index contributed by atoms with van der Waals surface area (Å²) >= 11 is 5.74. The summed E-state index contributed by atoms with van der Waals surface area (Å²) in [6.07, 6.45) is -0.291. The number of hydrogen-bond acceptors (Lipinski definition) is 2. The zero-order chi connectivity index (χ0) is 11.4. The Hall–Kier alpha value is -0.860. The molecule has 0 bridgehead atoms. The first-order chi connectivity index (χ1) is 7.06. The lowest BCUT2D eigenvalue weighted by molar-refractivity contribution is -0.125. The Bertz CT molecular complexity index is 332. The molecule has 1 rings (SSSR count). The third kappa shape index (κ3) is 3.05. The Kier molecular flexibility index (Phi) is 4.30. The van der Waals surface area contributed by atoms with E-state index in [1.807, 2.05) is 0 Å². The fourth-order valence-corrected chi connectivity index (χ4v) is 1.57. The summed E-state index contributed by atoms with van der Waals surface area (Å²) in [4.78, 5) is 11.4. The predicted molar refractivity (Wildman–Crippen MR) is 60.9 cm³/mol. The van der Waals surface area contributed by atoms with Crippen LogP contribution in [0.4, 0.5) is 0 Å². The lowest BCUT2D eigenvalue weighted by Crippen LogP contribution is -2.18. The van der Waals surface area contributed by atoms with Crippen LogP contribution < -0.4 is 0 Å². The first kappa shape index (κ1) is 12.2. The standard InChI is InChI=1S/C12H15ClO2/c1-3-11(14)8(2)12(15)9-4-6-10(13)7-5-9/h4-8,12,15H,3H2,1-2H3/t8-,12-/m0/s1. The Morgan fingerprint density at radius 1 is 1.40 bits per heavy atom. The summed E-state index contributed by atoms with van der Waals surface area (Å²) in [5, 5.41) is 10.5. The summed E-state index contributed by atoms with van der Waals surface area (Å²) in [5.41, 5.74) is 0.730. The number of ketones is 1. The van der Waals surface area contributed by atoms with Crippen LogP contribution in [-0.4, -0.2) is 10.9 Å². The summed E-state index contributed by atoms with van der Waals surface area (Å²) in [6.45, 7) is 3.54. The molecule has 0 aliphatic rings. The van der Waals surface area contributed by atoms with Crippen molar-refractivity contribution >= 4 is 17.4 Å². The smallest absolute Gasteiger partial charge is 0.138 e. The van der Waals surface area contributed by atoms with Gasteiger partial charge < -0.3 is 5.11 Å². The average Bonchev–Trinajstić information content (AvgIpc) is 2.27. The van der Waals surface area contributed by atoms with Crippen molar-refractivity contribution in [2.24, 2.45) is 5.92 Å². The van der Waals surface area contributed by atoms with Gasteiger partial charge in [0.25, 0.3) is 0 Å².